The molecule has 4 heteroatoms. The predicted molar refractivity (Wildman–Crippen MR) is 190 cm³/mol. The number of hydrogen-bond donors (Lipinski definition) is 0. The second-order valence-corrected chi connectivity index (χ2v) is 15.6. The molecule has 43 heavy (non-hydrogen) atoms. The van der Waals surface area contributed by atoms with Crippen molar-refractivity contribution >= 4 is 48.1 Å². The molecule has 1 aliphatic rings. The van der Waals surface area contributed by atoms with Crippen LogP contribution < -0.4 is 0 Å². The van der Waals surface area contributed by atoms with Crippen molar-refractivity contribution in [3.63, 3.8) is 0 Å². The summed E-state index contributed by atoms with van der Waals surface area (Å²) in [5, 5.41) is 5.51. The molecule has 0 nitrogen and oxygen atoms in total. The van der Waals surface area contributed by atoms with E-state index in [2.05, 4.69) is 154 Å². The SMILES string of the molecule is C1=CCC(c2cc3c(-c4ccccc4)cccc3[cH-]2)C1.C[Si]C.Cc1cc2c(-c3ccccc3)ccc(C)c2[cH-]1.[Cl][Zr+2][Cl]. The number of rotatable bonds is 3. The van der Waals surface area contributed by atoms with Crippen molar-refractivity contribution in [1.29, 1.82) is 0 Å². The summed E-state index contributed by atoms with van der Waals surface area (Å²) in [6.07, 6.45) is 6.99. The van der Waals surface area contributed by atoms with E-state index >= 15 is 0 Å². The second kappa shape index (κ2) is 17.1. The molecule has 216 valence electrons. The fraction of sp³-hybridized carbons (Fsp3) is 0.179. The molecule has 0 aromatic heterocycles. The third-order valence-corrected chi connectivity index (χ3v) is 7.67. The Morgan fingerprint density at radius 3 is 1.81 bits per heavy atom. The van der Waals surface area contributed by atoms with E-state index in [0.29, 0.717) is 5.92 Å². The van der Waals surface area contributed by atoms with Crippen LogP contribution >= 0.6 is 17.0 Å². The van der Waals surface area contributed by atoms with Crippen molar-refractivity contribution in [3.8, 4) is 22.3 Å². The third-order valence-electron chi connectivity index (χ3n) is 7.67. The van der Waals surface area contributed by atoms with E-state index in [0.717, 1.165) is 9.52 Å². The number of allylic oxidation sites excluding steroid dienone is 2. The van der Waals surface area contributed by atoms with Crippen molar-refractivity contribution in [1.82, 2.24) is 0 Å². The average molecular weight is 697 g/mol. The monoisotopic (exact) mass is 694 g/mol. The minimum atomic E-state index is -0.826. The summed E-state index contributed by atoms with van der Waals surface area (Å²) in [5.74, 6) is 0.686. The van der Waals surface area contributed by atoms with Crippen molar-refractivity contribution in [3.05, 3.63) is 144 Å². The van der Waals surface area contributed by atoms with Gasteiger partial charge in [-0.05, 0) is 29.9 Å². The summed E-state index contributed by atoms with van der Waals surface area (Å²) in [6.45, 7) is 8.64. The van der Waals surface area contributed by atoms with E-state index in [1.807, 2.05) is 0 Å². The van der Waals surface area contributed by atoms with Crippen LogP contribution in [0.1, 0.15) is 35.4 Å². The van der Waals surface area contributed by atoms with Crippen LogP contribution in [-0.2, 0) is 20.8 Å². The zero-order valence-corrected chi connectivity index (χ0v) is 30.3. The van der Waals surface area contributed by atoms with Gasteiger partial charge in [0.2, 0.25) is 0 Å². The molecule has 7 rings (SSSR count). The van der Waals surface area contributed by atoms with Gasteiger partial charge in [-0.2, -0.15) is 12.1 Å². The molecular weight excluding hydrogens is 659 g/mol. The van der Waals surface area contributed by atoms with E-state index in [4.69, 9.17) is 17.0 Å². The van der Waals surface area contributed by atoms with Gasteiger partial charge in [-0.3, -0.25) is 0 Å². The van der Waals surface area contributed by atoms with Crippen molar-refractivity contribution in [2.24, 2.45) is 0 Å². The molecule has 0 N–H and O–H groups in total. The molecular formula is C39H38Cl2SiZr. The molecule has 6 aromatic rings. The van der Waals surface area contributed by atoms with Crippen LogP contribution in [0, 0.1) is 13.8 Å². The van der Waals surface area contributed by atoms with Gasteiger partial charge in [0.1, 0.15) is 0 Å². The van der Waals surface area contributed by atoms with E-state index in [-0.39, 0.29) is 0 Å². The van der Waals surface area contributed by atoms with Gasteiger partial charge in [0.25, 0.3) is 0 Å². The van der Waals surface area contributed by atoms with Crippen LogP contribution in [0.15, 0.2) is 127 Å². The van der Waals surface area contributed by atoms with Crippen LogP contribution in [0.25, 0.3) is 43.8 Å². The first-order chi connectivity index (χ1) is 21.0. The van der Waals surface area contributed by atoms with Gasteiger partial charge in [-0.1, -0.05) is 123 Å². The molecule has 0 fully saturated rings. The summed E-state index contributed by atoms with van der Waals surface area (Å²) in [5.41, 5.74) is 9.47. The van der Waals surface area contributed by atoms with Crippen LogP contribution in [0.2, 0.25) is 13.1 Å². The maximum absolute atomic E-state index is 4.93. The van der Waals surface area contributed by atoms with Crippen LogP contribution in [0.3, 0.4) is 0 Å². The number of benzene rings is 4. The first-order valence-corrected chi connectivity index (χ1v) is 23.0. The molecule has 6 aromatic carbocycles. The van der Waals surface area contributed by atoms with Gasteiger partial charge in [0, 0.05) is 9.52 Å². The zero-order valence-electron chi connectivity index (χ0n) is 25.4. The van der Waals surface area contributed by atoms with Crippen molar-refractivity contribution in [2.45, 2.75) is 45.7 Å². The normalized spacial score (nSPS) is 12.0. The molecule has 0 spiro atoms. The summed E-state index contributed by atoms with van der Waals surface area (Å²) >= 11 is -0.826. The van der Waals surface area contributed by atoms with Gasteiger partial charge in [-0.25, -0.2) is 0 Å². The third kappa shape index (κ3) is 8.80. The fourth-order valence-corrected chi connectivity index (χ4v) is 5.71. The van der Waals surface area contributed by atoms with Gasteiger partial charge in [0.05, 0.1) is 0 Å². The zero-order chi connectivity index (χ0) is 30.6. The first kappa shape index (κ1) is 33.4. The molecule has 0 bridgehead atoms. The van der Waals surface area contributed by atoms with Gasteiger partial charge in [-0.15, -0.1) is 68.6 Å². The number of halogens is 2. The molecule has 2 radical (unpaired) electrons. The molecule has 0 unspecified atom stereocenters. The standard InChI is InChI=1S/C20H17.C17H15.C2H6Si.2ClH.Zr/c1-2-9-16(10-3-1)19-12-6-11-17-13-18(14-20(17)19)15-7-4-5-8-15;1-12-10-16-13(2)8-9-15(17(16)11-12)14-6-4-3-5-7-14;1-3-2;;;/h1-6,9-15H,7-8H2;3-11H,1-2H3;1-2H3;2*1H;/q2*-1;;;;+4/p-2. The van der Waals surface area contributed by atoms with Gasteiger partial charge >= 0.3 is 37.9 Å². The number of hydrogen-bond acceptors (Lipinski definition) is 0. The second-order valence-electron chi connectivity index (χ2n) is 10.8. The Balaban J connectivity index is 0.000000168. The van der Waals surface area contributed by atoms with Crippen LogP contribution in [0.5, 0.6) is 0 Å². The van der Waals surface area contributed by atoms with E-state index in [9.17, 15) is 0 Å². The van der Waals surface area contributed by atoms with Crippen molar-refractivity contribution < 1.29 is 20.8 Å². The number of aryl methyl sites for hydroxylation is 2. The van der Waals surface area contributed by atoms with Gasteiger partial charge in [0.15, 0.2) is 0 Å². The molecule has 0 amide bonds. The quantitative estimate of drug-likeness (QED) is 0.0982. The molecule has 0 aliphatic heterocycles. The Kier molecular flexibility index (Phi) is 13.3. The van der Waals surface area contributed by atoms with E-state index in [1.54, 1.807) is 0 Å². The fourth-order valence-electron chi connectivity index (χ4n) is 5.71. The van der Waals surface area contributed by atoms with Crippen LogP contribution in [-0.4, -0.2) is 9.52 Å². The van der Waals surface area contributed by atoms with Gasteiger partial charge < -0.3 is 0 Å². The predicted octanol–water partition coefficient (Wildman–Crippen LogP) is 12.7. The average Bonchev–Trinajstić information content (AvgIpc) is 3.79. The molecule has 0 saturated heterocycles. The topological polar surface area (TPSA) is 0 Å². The summed E-state index contributed by atoms with van der Waals surface area (Å²) in [7, 11) is 11.0. The Morgan fingerprint density at radius 2 is 1.23 bits per heavy atom. The number of fused-ring (bicyclic) bond motifs is 2. The summed E-state index contributed by atoms with van der Waals surface area (Å²) in [4.78, 5) is 0. The molecule has 0 heterocycles. The Hall–Kier alpha value is -2.48. The van der Waals surface area contributed by atoms with Crippen molar-refractivity contribution in [2.75, 3.05) is 0 Å². The van der Waals surface area contributed by atoms with E-state index in [1.165, 1.54) is 73.3 Å². The Labute approximate surface area is 279 Å². The van der Waals surface area contributed by atoms with Crippen LogP contribution in [0.4, 0.5) is 0 Å². The molecule has 0 saturated carbocycles. The molecule has 0 atom stereocenters. The first-order valence-electron chi connectivity index (χ1n) is 14.7. The minimum absolute atomic E-state index is 0.686. The summed E-state index contributed by atoms with van der Waals surface area (Å²) < 4.78 is 0. The maximum atomic E-state index is 4.93. The van der Waals surface area contributed by atoms with E-state index < -0.39 is 20.8 Å². The molecule has 1 aliphatic carbocycles. The summed E-state index contributed by atoms with van der Waals surface area (Å²) in [6, 6.07) is 41.7. The Bertz CT molecular complexity index is 1720. The Morgan fingerprint density at radius 1 is 0.674 bits per heavy atom.